The Labute approximate surface area is 167 Å². The molecule has 1 aliphatic heterocycles. The summed E-state index contributed by atoms with van der Waals surface area (Å²) >= 11 is 0. The number of aliphatic hydroxyl groups excluding tert-OH is 1. The van der Waals surface area contributed by atoms with Gasteiger partial charge in [-0.3, -0.25) is 9.62 Å². The molecule has 0 saturated carbocycles. The topological polar surface area (TPSA) is 116 Å². The van der Waals surface area contributed by atoms with Gasteiger partial charge in [0.1, 0.15) is 11.6 Å². The van der Waals surface area contributed by atoms with Gasteiger partial charge in [0, 0.05) is 5.69 Å². The molecule has 0 fully saturated rings. The molecule has 30 heavy (non-hydrogen) atoms. The molecule has 3 rings (SSSR count). The molecule has 1 heterocycles. The predicted molar refractivity (Wildman–Crippen MR) is 95.5 cm³/mol. The molecule has 13 heteroatoms. The van der Waals surface area contributed by atoms with Crippen LogP contribution in [0.4, 0.5) is 33.7 Å². The van der Waals surface area contributed by atoms with Gasteiger partial charge in [0.25, 0.3) is 10.0 Å². The molecule has 2 aromatic carbocycles. The maximum absolute atomic E-state index is 13.2. The second-order valence-electron chi connectivity index (χ2n) is 6.25. The van der Waals surface area contributed by atoms with Gasteiger partial charge in [-0.2, -0.15) is 13.2 Å². The van der Waals surface area contributed by atoms with Crippen molar-refractivity contribution in [2.45, 2.75) is 23.3 Å². The Morgan fingerprint density at radius 1 is 1.20 bits per heavy atom. The first-order valence-electron chi connectivity index (χ1n) is 8.23. The van der Waals surface area contributed by atoms with E-state index in [0.717, 1.165) is 42.5 Å². The van der Waals surface area contributed by atoms with E-state index in [1.54, 1.807) is 0 Å². The van der Waals surface area contributed by atoms with Gasteiger partial charge in [-0.15, -0.1) is 0 Å². The van der Waals surface area contributed by atoms with Crippen molar-refractivity contribution in [1.82, 2.24) is 0 Å². The number of aliphatic hydroxyl groups is 1. The monoisotopic (exact) mass is 450 g/mol. The number of benzene rings is 2. The smallest absolute Gasteiger partial charge is 0.418 e. The van der Waals surface area contributed by atoms with Crippen molar-refractivity contribution in [2.24, 2.45) is 0 Å². The first kappa shape index (κ1) is 21.6. The highest BCUT2D eigenvalue weighted by Crippen LogP contribution is 2.41. The number of ether oxygens (including phenoxy) is 1. The van der Waals surface area contributed by atoms with Gasteiger partial charge in [0.15, 0.2) is 12.2 Å². The highest BCUT2D eigenvalue weighted by Gasteiger charge is 2.48. The van der Waals surface area contributed by atoms with E-state index in [1.807, 2.05) is 5.32 Å². The first-order valence-corrected chi connectivity index (χ1v) is 9.67. The summed E-state index contributed by atoms with van der Waals surface area (Å²) in [6.07, 6.45) is -11.5. The molecule has 1 amide bonds. The quantitative estimate of drug-likeness (QED) is 0.617. The van der Waals surface area contributed by atoms with Gasteiger partial charge < -0.3 is 14.9 Å². The van der Waals surface area contributed by atoms with Crippen LogP contribution in [0.25, 0.3) is 0 Å². The Bertz CT molecular complexity index is 1060. The van der Waals surface area contributed by atoms with E-state index in [9.17, 15) is 35.9 Å². The van der Waals surface area contributed by atoms with Gasteiger partial charge in [0.2, 0.25) is 0 Å². The van der Waals surface area contributed by atoms with Crippen molar-refractivity contribution in [2.75, 3.05) is 16.2 Å². The van der Waals surface area contributed by atoms with Crippen LogP contribution in [0.15, 0.2) is 47.4 Å². The molecule has 1 aliphatic rings. The van der Waals surface area contributed by atoms with Crippen LogP contribution in [0.3, 0.4) is 0 Å². The molecule has 2 atom stereocenters. The van der Waals surface area contributed by atoms with E-state index in [4.69, 9.17) is 9.84 Å². The number of carboxylic acid groups (broad SMARTS) is 1. The Morgan fingerprint density at radius 2 is 1.83 bits per heavy atom. The maximum Gasteiger partial charge on any atom is 0.418 e. The van der Waals surface area contributed by atoms with Crippen LogP contribution in [0.2, 0.25) is 0 Å². The third kappa shape index (κ3) is 4.26. The fraction of sp³-hybridized carbons (Fsp3) is 0.235. The molecule has 2 unspecified atom stereocenters. The number of hydrogen-bond acceptors (Lipinski definition) is 5. The SMILES string of the molecule is O=C(O)Nc1ccc2c(c1)N(S(=O)(=O)c1ccc(F)cc1)CC(C(O)C(F)(F)F)O2. The van der Waals surface area contributed by atoms with Crippen LogP contribution in [-0.2, 0) is 10.0 Å². The van der Waals surface area contributed by atoms with Crippen LogP contribution in [0.1, 0.15) is 0 Å². The lowest BCUT2D eigenvalue weighted by Crippen LogP contribution is -2.53. The molecule has 3 N–H and O–H groups in total. The molecule has 0 saturated heterocycles. The molecule has 0 bridgehead atoms. The number of anilines is 2. The lowest BCUT2D eigenvalue weighted by Gasteiger charge is -2.37. The van der Waals surface area contributed by atoms with Crippen LogP contribution in [0, 0.1) is 5.82 Å². The van der Waals surface area contributed by atoms with E-state index in [0.29, 0.717) is 4.31 Å². The van der Waals surface area contributed by atoms with Gasteiger partial charge in [-0.1, -0.05) is 0 Å². The number of hydrogen-bond donors (Lipinski definition) is 3. The number of fused-ring (bicyclic) bond motifs is 1. The summed E-state index contributed by atoms with van der Waals surface area (Å²) in [5.41, 5.74) is -0.324. The highest BCUT2D eigenvalue weighted by atomic mass is 32.2. The average molecular weight is 450 g/mol. The van der Waals surface area contributed by atoms with Crippen LogP contribution in [0.5, 0.6) is 5.75 Å². The summed E-state index contributed by atoms with van der Waals surface area (Å²) in [7, 11) is -4.52. The molecule has 0 aliphatic carbocycles. The maximum atomic E-state index is 13.2. The van der Waals surface area contributed by atoms with E-state index in [-0.39, 0.29) is 17.1 Å². The minimum atomic E-state index is -5.09. The van der Waals surface area contributed by atoms with Gasteiger partial charge >= 0.3 is 12.3 Å². The molecular formula is C17H14F4N2O6S. The van der Waals surface area contributed by atoms with Crippen molar-refractivity contribution in [3.63, 3.8) is 0 Å². The van der Waals surface area contributed by atoms with Crippen LogP contribution in [-0.4, -0.2) is 49.7 Å². The van der Waals surface area contributed by atoms with Crippen molar-refractivity contribution in [3.05, 3.63) is 48.3 Å². The second kappa shape index (κ2) is 7.65. The van der Waals surface area contributed by atoms with Gasteiger partial charge in [-0.05, 0) is 42.5 Å². The number of halogens is 4. The summed E-state index contributed by atoms with van der Waals surface area (Å²) in [6, 6.07) is 6.85. The first-order chi connectivity index (χ1) is 13.9. The number of alkyl halides is 3. The highest BCUT2D eigenvalue weighted by molar-refractivity contribution is 7.92. The number of sulfonamides is 1. The molecule has 0 radical (unpaired) electrons. The fourth-order valence-corrected chi connectivity index (χ4v) is 4.29. The van der Waals surface area contributed by atoms with Crippen LogP contribution < -0.4 is 14.4 Å². The molecular weight excluding hydrogens is 436 g/mol. The Balaban J connectivity index is 2.11. The van der Waals surface area contributed by atoms with E-state index >= 15 is 0 Å². The summed E-state index contributed by atoms with van der Waals surface area (Å²) < 4.78 is 84.0. The van der Waals surface area contributed by atoms with E-state index < -0.39 is 51.8 Å². The summed E-state index contributed by atoms with van der Waals surface area (Å²) in [6.45, 7) is -0.927. The lowest BCUT2D eigenvalue weighted by molar-refractivity contribution is -0.225. The third-order valence-corrected chi connectivity index (χ3v) is 5.99. The number of amides is 1. The molecule has 162 valence electrons. The zero-order valence-corrected chi connectivity index (χ0v) is 15.6. The fourth-order valence-electron chi connectivity index (χ4n) is 2.81. The zero-order valence-electron chi connectivity index (χ0n) is 14.8. The number of rotatable bonds is 4. The Hall–Kier alpha value is -3.06. The summed E-state index contributed by atoms with van der Waals surface area (Å²) in [5.74, 6) is -1.05. The number of nitrogens with zero attached hydrogens (tertiary/aromatic N) is 1. The molecule has 2 aromatic rings. The van der Waals surface area contributed by atoms with Crippen molar-refractivity contribution in [3.8, 4) is 5.75 Å². The van der Waals surface area contributed by atoms with Crippen molar-refractivity contribution >= 4 is 27.5 Å². The summed E-state index contributed by atoms with van der Waals surface area (Å²) in [5, 5.41) is 20.4. The van der Waals surface area contributed by atoms with E-state index in [2.05, 4.69) is 0 Å². The second-order valence-corrected chi connectivity index (χ2v) is 8.11. The molecule has 0 aromatic heterocycles. The third-order valence-electron chi connectivity index (χ3n) is 4.19. The number of carbonyl (C=O) groups is 1. The standard InChI is InChI=1S/C17H14F4N2O6S/c18-9-1-4-11(5-2-9)30(27,28)23-8-14(15(24)17(19,20)21)29-13-6-3-10(7-12(13)23)22-16(25)26/h1-7,14-15,22,24H,8H2,(H,25,26). The minimum absolute atomic E-state index is 0.0704. The molecule has 8 nitrogen and oxygen atoms in total. The minimum Gasteiger partial charge on any atom is -0.483 e. The molecule has 0 spiro atoms. The van der Waals surface area contributed by atoms with Gasteiger partial charge in [-0.25, -0.2) is 17.6 Å². The predicted octanol–water partition coefficient (Wildman–Crippen LogP) is 2.80. The van der Waals surface area contributed by atoms with E-state index in [1.165, 1.54) is 0 Å². The van der Waals surface area contributed by atoms with Crippen molar-refractivity contribution < 1.29 is 45.7 Å². The summed E-state index contributed by atoms with van der Waals surface area (Å²) in [4.78, 5) is 10.4. The average Bonchev–Trinajstić information content (AvgIpc) is 2.65. The Morgan fingerprint density at radius 3 is 2.40 bits per heavy atom. The number of nitrogens with one attached hydrogen (secondary N) is 1. The normalized spacial score (nSPS) is 17.6. The van der Waals surface area contributed by atoms with Gasteiger partial charge in [0.05, 0.1) is 17.1 Å². The largest absolute Gasteiger partial charge is 0.483 e. The Kier molecular flexibility index (Phi) is 5.52. The van der Waals surface area contributed by atoms with Crippen LogP contribution >= 0.6 is 0 Å². The van der Waals surface area contributed by atoms with Crippen molar-refractivity contribution in [1.29, 1.82) is 0 Å². The zero-order chi connectivity index (χ0) is 22.3. The lowest BCUT2D eigenvalue weighted by atomic mass is 10.1.